The van der Waals surface area contributed by atoms with E-state index in [-0.39, 0.29) is 0 Å². The molecule has 2 aromatic rings. The number of hydrogen-bond acceptors (Lipinski definition) is 3. The Morgan fingerprint density at radius 2 is 2.00 bits per heavy atom. The van der Waals surface area contributed by atoms with E-state index in [1.165, 1.54) is 23.3 Å². The molecular weight excluding hydrogens is 278 g/mol. The first-order valence-electron chi connectivity index (χ1n) is 7.67. The van der Waals surface area contributed by atoms with Crippen molar-refractivity contribution in [2.75, 3.05) is 7.11 Å². The van der Waals surface area contributed by atoms with Gasteiger partial charge in [-0.15, -0.1) is 11.3 Å². The molecule has 3 rings (SSSR count). The van der Waals surface area contributed by atoms with E-state index in [1.54, 1.807) is 7.11 Å². The van der Waals surface area contributed by atoms with Crippen LogP contribution in [0.4, 0.5) is 0 Å². The summed E-state index contributed by atoms with van der Waals surface area (Å²) in [5.41, 5.74) is 1.44. The zero-order valence-electron chi connectivity index (χ0n) is 12.7. The summed E-state index contributed by atoms with van der Waals surface area (Å²) in [6.07, 6.45) is 3.64. The molecule has 0 spiro atoms. The molecule has 2 nitrogen and oxygen atoms in total. The second-order valence-corrected chi connectivity index (χ2v) is 7.02. The fraction of sp³-hybridized carbons (Fsp3) is 0.444. The number of hydrogen-bond donors (Lipinski definition) is 1. The number of benzene rings is 1. The minimum atomic E-state index is 0.561. The fourth-order valence-corrected chi connectivity index (χ4v) is 3.93. The lowest BCUT2D eigenvalue weighted by Crippen LogP contribution is -2.45. The van der Waals surface area contributed by atoms with Crippen molar-refractivity contribution < 1.29 is 4.74 Å². The molecule has 1 unspecified atom stereocenters. The number of thiophene rings is 1. The van der Waals surface area contributed by atoms with Crippen LogP contribution in [0.25, 0.3) is 0 Å². The predicted molar refractivity (Wildman–Crippen MR) is 89.4 cm³/mol. The van der Waals surface area contributed by atoms with E-state index in [4.69, 9.17) is 4.74 Å². The summed E-state index contributed by atoms with van der Waals surface area (Å²) < 4.78 is 5.21. The third kappa shape index (κ3) is 3.66. The maximum Gasteiger partial charge on any atom is 0.118 e. The van der Waals surface area contributed by atoms with Gasteiger partial charge < -0.3 is 10.1 Å². The molecule has 1 atom stereocenters. The normalized spacial score (nSPS) is 22.6. The van der Waals surface area contributed by atoms with E-state index in [0.717, 1.165) is 12.2 Å². The summed E-state index contributed by atoms with van der Waals surface area (Å²) in [6.45, 7) is 2.29. The minimum Gasteiger partial charge on any atom is -0.497 e. The number of ether oxygens (including phenoxy) is 1. The van der Waals surface area contributed by atoms with Gasteiger partial charge in [-0.25, -0.2) is 0 Å². The lowest BCUT2D eigenvalue weighted by Gasteiger charge is -2.38. The Kier molecular flexibility index (Phi) is 4.61. The second kappa shape index (κ2) is 6.63. The summed E-state index contributed by atoms with van der Waals surface area (Å²) in [4.78, 5) is 1.47. The summed E-state index contributed by atoms with van der Waals surface area (Å²) in [5, 5.41) is 5.92. The van der Waals surface area contributed by atoms with Gasteiger partial charge in [0.15, 0.2) is 0 Å². The van der Waals surface area contributed by atoms with E-state index < -0.39 is 0 Å². The maximum atomic E-state index is 5.21. The fourth-order valence-electron chi connectivity index (χ4n) is 3.09. The Labute approximate surface area is 131 Å². The van der Waals surface area contributed by atoms with Crippen molar-refractivity contribution in [3.63, 3.8) is 0 Å². The SMILES string of the molecule is COc1ccc(C2CC(NC(C)Cc3cccs3)C2)cc1. The van der Waals surface area contributed by atoms with Crippen molar-refractivity contribution in [1.82, 2.24) is 5.32 Å². The Morgan fingerprint density at radius 3 is 2.62 bits per heavy atom. The van der Waals surface area contributed by atoms with Crippen LogP contribution in [0.15, 0.2) is 41.8 Å². The molecule has 0 saturated heterocycles. The third-order valence-corrected chi connectivity index (χ3v) is 5.23. The molecule has 1 aliphatic rings. The summed E-state index contributed by atoms with van der Waals surface area (Å²) >= 11 is 1.85. The summed E-state index contributed by atoms with van der Waals surface area (Å²) in [7, 11) is 1.72. The van der Waals surface area contributed by atoms with Crippen LogP contribution in [0.5, 0.6) is 5.75 Å². The van der Waals surface area contributed by atoms with Crippen LogP contribution in [0.2, 0.25) is 0 Å². The highest BCUT2D eigenvalue weighted by Gasteiger charge is 2.30. The monoisotopic (exact) mass is 301 g/mol. The summed E-state index contributed by atoms with van der Waals surface area (Å²) in [5.74, 6) is 1.65. The second-order valence-electron chi connectivity index (χ2n) is 5.99. The molecule has 112 valence electrons. The summed E-state index contributed by atoms with van der Waals surface area (Å²) in [6, 6.07) is 14.1. The first kappa shape index (κ1) is 14.6. The van der Waals surface area contributed by atoms with Gasteiger partial charge in [-0.1, -0.05) is 18.2 Å². The molecule has 0 aliphatic heterocycles. The van der Waals surface area contributed by atoms with Gasteiger partial charge >= 0.3 is 0 Å². The first-order chi connectivity index (χ1) is 10.2. The van der Waals surface area contributed by atoms with Gasteiger partial charge in [0.05, 0.1) is 7.11 Å². The number of rotatable bonds is 6. The van der Waals surface area contributed by atoms with Crippen molar-refractivity contribution in [2.24, 2.45) is 0 Å². The van der Waals surface area contributed by atoms with Crippen molar-refractivity contribution in [2.45, 2.75) is 44.2 Å². The van der Waals surface area contributed by atoms with Crippen LogP contribution in [-0.4, -0.2) is 19.2 Å². The van der Waals surface area contributed by atoms with Gasteiger partial charge in [0.2, 0.25) is 0 Å². The van der Waals surface area contributed by atoms with E-state index in [1.807, 2.05) is 11.3 Å². The molecule has 21 heavy (non-hydrogen) atoms. The number of methoxy groups -OCH3 is 1. The molecule has 0 radical (unpaired) electrons. The molecule has 3 heteroatoms. The van der Waals surface area contributed by atoms with Crippen LogP contribution >= 0.6 is 11.3 Å². The Hall–Kier alpha value is -1.32. The standard InChI is InChI=1S/C18H23NOS/c1-13(10-18-4-3-9-21-18)19-16-11-15(12-16)14-5-7-17(20-2)8-6-14/h3-9,13,15-16,19H,10-12H2,1-2H3. The molecule has 1 aliphatic carbocycles. The van der Waals surface area contributed by atoms with Crippen LogP contribution in [-0.2, 0) is 6.42 Å². The topological polar surface area (TPSA) is 21.3 Å². The predicted octanol–water partition coefficient (Wildman–Crippen LogP) is 4.22. The number of nitrogens with one attached hydrogen (secondary N) is 1. The lowest BCUT2D eigenvalue weighted by atomic mass is 9.75. The van der Waals surface area contributed by atoms with Gasteiger partial charge in [-0.05, 0) is 61.2 Å². The van der Waals surface area contributed by atoms with E-state index in [9.17, 15) is 0 Å². The zero-order chi connectivity index (χ0) is 14.7. The van der Waals surface area contributed by atoms with Crippen molar-refractivity contribution >= 4 is 11.3 Å². The smallest absolute Gasteiger partial charge is 0.118 e. The molecule has 1 N–H and O–H groups in total. The van der Waals surface area contributed by atoms with Gasteiger partial charge in [-0.3, -0.25) is 0 Å². The molecule has 1 heterocycles. The molecule has 0 bridgehead atoms. The van der Waals surface area contributed by atoms with E-state index in [2.05, 4.69) is 54.0 Å². The average Bonchev–Trinajstić information content (AvgIpc) is 2.95. The largest absolute Gasteiger partial charge is 0.497 e. The molecule has 1 saturated carbocycles. The van der Waals surface area contributed by atoms with Gasteiger partial charge in [0.1, 0.15) is 5.75 Å². The highest BCUT2D eigenvalue weighted by Crippen LogP contribution is 2.37. The Balaban J connectivity index is 1.44. The van der Waals surface area contributed by atoms with E-state index >= 15 is 0 Å². The maximum absolute atomic E-state index is 5.21. The minimum absolute atomic E-state index is 0.561. The van der Waals surface area contributed by atoms with Crippen molar-refractivity contribution in [3.05, 3.63) is 52.2 Å². The lowest BCUT2D eigenvalue weighted by molar-refractivity contribution is 0.269. The van der Waals surface area contributed by atoms with Crippen molar-refractivity contribution in [3.8, 4) is 5.75 Å². The Morgan fingerprint density at radius 1 is 1.24 bits per heavy atom. The van der Waals surface area contributed by atoms with Crippen molar-refractivity contribution in [1.29, 1.82) is 0 Å². The van der Waals surface area contributed by atoms with Crippen LogP contribution in [0.1, 0.15) is 36.1 Å². The highest BCUT2D eigenvalue weighted by atomic mass is 32.1. The average molecular weight is 301 g/mol. The van der Waals surface area contributed by atoms with Crippen LogP contribution in [0.3, 0.4) is 0 Å². The first-order valence-corrected chi connectivity index (χ1v) is 8.55. The van der Waals surface area contributed by atoms with Gasteiger partial charge in [-0.2, -0.15) is 0 Å². The highest BCUT2D eigenvalue weighted by molar-refractivity contribution is 7.09. The Bertz CT molecular complexity index is 543. The third-order valence-electron chi connectivity index (χ3n) is 4.33. The van der Waals surface area contributed by atoms with Crippen LogP contribution < -0.4 is 10.1 Å². The van der Waals surface area contributed by atoms with E-state index in [0.29, 0.717) is 18.0 Å². The molecule has 1 aromatic carbocycles. The molecule has 0 amide bonds. The van der Waals surface area contributed by atoms with Crippen LogP contribution in [0, 0.1) is 0 Å². The van der Waals surface area contributed by atoms with Gasteiger partial charge in [0, 0.05) is 17.0 Å². The molecular formula is C18H23NOS. The zero-order valence-corrected chi connectivity index (χ0v) is 13.5. The van der Waals surface area contributed by atoms with Gasteiger partial charge in [0.25, 0.3) is 0 Å². The quantitative estimate of drug-likeness (QED) is 0.862. The molecule has 1 fully saturated rings. The molecule has 1 aromatic heterocycles.